The van der Waals surface area contributed by atoms with Crippen molar-refractivity contribution in [1.29, 1.82) is 5.26 Å². The molecule has 1 atom stereocenters. The van der Waals surface area contributed by atoms with Crippen molar-refractivity contribution in [2.75, 3.05) is 51.2 Å². The fourth-order valence-corrected chi connectivity index (χ4v) is 3.73. The quantitative estimate of drug-likeness (QED) is 0.853. The van der Waals surface area contributed by atoms with Gasteiger partial charge in [0.15, 0.2) is 0 Å². The van der Waals surface area contributed by atoms with Crippen LogP contribution in [0.3, 0.4) is 0 Å². The van der Waals surface area contributed by atoms with Gasteiger partial charge in [0.05, 0.1) is 11.3 Å². The Kier molecular flexibility index (Phi) is 4.97. The van der Waals surface area contributed by atoms with Gasteiger partial charge in [0.2, 0.25) is 0 Å². The summed E-state index contributed by atoms with van der Waals surface area (Å²) >= 11 is 0. The number of hydrogen-bond acceptors (Lipinski definition) is 4. The van der Waals surface area contributed by atoms with Crippen LogP contribution in [0.1, 0.15) is 24.8 Å². The lowest BCUT2D eigenvalue weighted by molar-refractivity contribution is 0.215. The molecule has 0 aromatic heterocycles. The van der Waals surface area contributed by atoms with Crippen molar-refractivity contribution in [3.05, 3.63) is 29.8 Å². The molecule has 3 rings (SSSR count). The Hall–Kier alpha value is -1.57. The molecule has 0 aliphatic carbocycles. The van der Waals surface area contributed by atoms with Crippen LogP contribution in [0.4, 0.5) is 5.69 Å². The number of benzene rings is 1. The summed E-state index contributed by atoms with van der Waals surface area (Å²) in [5.41, 5.74) is 1.89. The normalized spacial score (nSPS) is 23.6. The number of hydrogen-bond donors (Lipinski definition) is 0. The summed E-state index contributed by atoms with van der Waals surface area (Å²) in [6, 6.07) is 11.1. The average molecular weight is 298 g/mol. The molecule has 0 N–H and O–H groups in total. The summed E-state index contributed by atoms with van der Waals surface area (Å²) < 4.78 is 0. The SMILES string of the molecule is CN1CCC[C@@H]1CCN1CCN(c2ccccc2C#N)CC1. The highest BCUT2D eigenvalue weighted by atomic mass is 15.3. The lowest BCUT2D eigenvalue weighted by Crippen LogP contribution is -2.47. The van der Waals surface area contributed by atoms with E-state index in [1.807, 2.05) is 18.2 Å². The highest BCUT2D eigenvalue weighted by Gasteiger charge is 2.23. The van der Waals surface area contributed by atoms with E-state index in [-0.39, 0.29) is 0 Å². The van der Waals surface area contributed by atoms with Crippen molar-refractivity contribution in [2.45, 2.75) is 25.3 Å². The zero-order valence-corrected chi connectivity index (χ0v) is 13.5. The van der Waals surface area contributed by atoms with Gasteiger partial charge in [-0.3, -0.25) is 4.90 Å². The third-order valence-corrected chi connectivity index (χ3v) is 5.19. The second-order valence-corrected chi connectivity index (χ2v) is 6.52. The zero-order valence-electron chi connectivity index (χ0n) is 13.5. The van der Waals surface area contributed by atoms with Crippen LogP contribution in [0.15, 0.2) is 24.3 Å². The molecule has 118 valence electrons. The lowest BCUT2D eigenvalue weighted by atomic mass is 10.1. The second kappa shape index (κ2) is 7.13. The minimum Gasteiger partial charge on any atom is -0.368 e. The van der Waals surface area contributed by atoms with Gasteiger partial charge in [-0.15, -0.1) is 0 Å². The molecule has 4 nitrogen and oxygen atoms in total. The van der Waals surface area contributed by atoms with Gasteiger partial charge in [-0.1, -0.05) is 12.1 Å². The Morgan fingerprint density at radius 2 is 1.91 bits per heavy atom. The fraction of sp³-hybridized carbons (Fsp3) is 0.611. The molecule has 2 aliphatic heterocycles. The molecule has 0 bridgehead atoms. The van der Waals surface area contributed by atoms with Crippen molar-refractivity contribution in [1.82, 2.24) is 9.80 Å². The monoisotopic (exact) mass is 298 g/mol. The van der Waals surface area contributed by atoms with E-state index in [4.69, 9.17) is 0 Å². The zero-order chi connectivity index (χ0) is 15.4. The van der Waals surface area contributed by atoms with E-state index >= 15 is 0 Å². The summed E-state index contributed by atoms with van der Waals surface area (Å²) in [6.07, 6.45) is 4.02. The van der Waals surface area contributed by atoms with E-state index in [9.17, 15) is 5.26 Å². The second-order valence-electron chi connectivity index (χ2n) is 6.52. The number of likely N-dealkylation sites (tertiary alicyclic amines) is 1. The number of nitriles is 1. The molecule has 0 amide bonds. The van der Waals surface area contributed by atoms with Crippen LogP contribution >= 0.6 is 0 Å². The summed E-state index contributed by atoms with van der Waals surface area (Å²) in [5, 5.41) is 9.24. The third-order valence-electron chi connectivity index (χ3n) is 5.19. The summed E-state index contributed by atoms with van der Waals surface area (Å²) in [5.74, 6) is 0. The van der Waals surface area contributed by atoms with Gasteiger partial charge in [0.25, 0.3) is 0 Å². The van der Waals surface area contributed by atoms with Gasteiger partial charge in [0, 0.05) is 32.2 Å². The van der Waals surface area contributed by atoms with Gasteiger partial charge in [0.1, 0.15) is 6.07 Å². The van der Waals surface area contributed by atoms with Gasteiger partial charge in [-0.2, -0.15) is 5.26 Å². The van der Waals surface area contributed by atoms with Crippen LogP contribution in [0, 0.1) is 11.3 Å². The van der Waals surface area contributed by atoms with Crippen LogP contribution in [-0.2, 0) is 0 Å². The van der Waals surface area contributed by atoms with Crippen LogP contribution in [0.2, 0.25) is 0 Å². The number of anilines is 1. The minimum atomic E-state index is 0.789. The number of nitrogens with zero attached hydrogens (tertiary/aromatic N) is 4. The Morgan fingerprint density at radius 1 is 1.14 bits per heavy atom. The standard InChI is InChI=1S/C18H26N4/c1-20-9-4-6-17(20)8-10-21-11-13-22(14-12-21)18-7-3-2-5-16(18)15-19/h2-3,5,7,17H,4,6,8-14H2,1H3/t17-/m1/s1. The molecule has 4 heteroatoms. The topological polar surface area (TPSA) is 33.5 Å². The Balaban J connectivity index is 1.49. The van der Waals surface area contributed by atoms with Gasteiger partial charge in [-0.25, -0.2) is 0 Å². The van der Waals surface area contributed by atoms with Crippen molar-refractivity contribution in [3.8, 4) is 6.07 Å². The van der Waals surface area contributed by atoms with Crippen molar-refractivity contribution in [3.63, 3.8) is 0 Å². The molecule has 0 spiro atoms. The maximum atomic E-state index is 9.24. The van der Waals surface area contributed by atoms with Crippen LogP contribution < -0.4 is 4.90 Å². The van der Waals surface area contributed by atoms with E-state index in [1.54, 1.807) is 0 Å². The third kappa shape index (κ3) is 3.43. The molecule has 1 aromatic rings. The first kappa shape index (κ1) is 15.3. The first-order valence-electron chi connectivity index (χ1n) is 8.44. The average Bonchev–Trinajstić information content (AvgIpc) is 2.98. The van der Waals surface area contributed by atoms with Crippen molar-refractivity contribution in [2.24, 2.45) is 0 Å². The van der Waals surface area contributed by atoms with Gasteiger partial charge >= 0.3 is 0 Å². The van der Waals surface area contributed by atoms with E-state index in [2.05, 4.69) is 33.9 Å². The van der Waals surface area contributed by atoms with Gasteiger partial charge in [-0.05, 0) is 51.5 Å². The summed E-state index contributed by atoms with van der Waals surface area (Å²) in [4.78, 5) is 7.45. The Bertz CT molecular complexity index is 528. The Morgan fingerprint density at radius 3 is 2.59 bits per heavy atom. The predicted molar refractivity (Wildman–Crippen MR) is 90.1 cm³/mol. The molecular formula is C18H26N4. The maximum absolute atomic E-state index is 9.24. The van der Waals surface area contributed by atoms with E-state index in [0.717, 1.165) is 43.5 Å². The molecule has 0 saturated carbocycles. The first-order valence-corrected chi connectivity index (χ1v) is 8.44. The summed E-state index contributed by atoms with van der Waals surface area (Å²) in [6.45, 7) is 6.75. The molecule has 22 heavy (non-hydrogen) atoms. The molecule has 0 unspecified atom stereocenters. The fourth-order valence-electron chi connectivity index (χ4n) is 3.73. The molecule has 1 aromatic carbocycles. The first-order chi connectivity index (χ1) is 10.8. The van der Waals surface area contributed by atoms with Crippen LogP contribution in [0.5, 0.6) is 0 Å². The van der Waals surface area contributed by atoms with Crippen LogP contribution in [0.25, 0.3) is 0 Å². The van der Waals surface area contributed by atoms with E-state index < -0.39 is 0 Å². The molecular weight excluding hydrogens is 272 g/mol. The molecule has 2 heterocycles. The predicted octanol–water partition coefficient (Wildman–Crippen LogP) is 2.16. The lowest BCUT2D eigenvalue weighted by Gasteiger charge is -2.37. The highest BCUT2D eigenvalue weighted by molar-refractivity contribution is 5.59. The summed E-state index contributed by atoms with van der Waals surface area (Å²) in [7, 11) is 2.26. The van der Waals surface area contributed by atoms with Crippen molar-refractivity contribution >= 4 is 5.69 Å². The minimum absolute atomic E-state index is 0.789. The largest absolute Gasteiger partial charge is 0.368 e. The maximum Gasteiger partial charge on any atom is 0.101 e. The van der Waals surface area contributed by atoms with E-state index in [1.165, 1.54) is 32.4 Å². The number of para-hydroxylation sites is 1. The Labute approximate surface area is 133 Å². The molecule has 2 fully saturated rings. The number of piperazine rings is 1. The van der Waals surface area contributed by atoms with E-state index in [0.29, 0.717) is 0 Å². The molecule has 2 aliphatic rings. The van der Waals surface area contributed by atoms with Crippen molar-refractivity contribution < 1.29 is 0 Å². The van der Waals surface area contributed by atoms with Crippen LogP contribution in [-0.4, -0.2) is 62.2 Å². The number of rotatable bonds is 4. The highest BCUT2D eigenvalue weighted by Crippen LogP contribution is 2.22. The van der Waals surface area contributed by atoms with Gasteiger partial charge < -0.3 is 9.80 Å². The molecule has 2 saturated heterocycles. The molecule has 0 radical (unpaired) electrons. The smallest absolute Gasteiger partial charge is 0.101 e.